The van der Waals surface area contributed by atoms with Gasteiger partial charge in [0.25, 0.3) is 0 Å². The highest BCUT2D eigenvalue weighted by molar-refractivity contribution is 5.76. The third kappa shape index (κ3) is 12.2. The van der Waals surface area contributed by atoms with E-state index in [0.29, 0.717) is 0 Å². The van der Waals surface area contributed by atoms with Crippen LogP contribution >= 0.6 is 0 Å². The molecule has 0 aromatic heterocycles. The van der Waals surface area contributed by atoms with Gasteiger partial charge in [-0.2, -0.15) is 0 Å². The zero-order valence-electron chi connectivity index (χ0n) is 20.4. The first-order valence-corrected chi connectivity index (χ1v) is 13.4. The lowest BCUT2D eigenvalue weighted by atomic mass is 10.0. The maximum atomic E-state index is 9.40. The lowest BCUT2D eigenvalue weighted by Gasteiger charge is -2.33. The van der Waals surface area contributed by atoms with E-state index in [1.165, 1.54) is 115 Å². The Labute approximate surface area is 188 Å². The maximum Gasteiger partial charge on any atom is 0.198 e. The summed E-state index contributed by atoms with van der Waals surface area (Å²) in [6.45, 7) is 10.3. The SMILES string of the molecule is C=CCCCCCCCCCCCCCCCCCCC1=NCC[N+]1(CC)CCO. The summed E-state index contributed by atoms with van der Waals surface area (Å²) < 4.78 is 0.951. The molecule has 30 heavy (non-hydrogen) atoms. The van der Waals surface area contributed by atoms with Gasteiger partial charge in [0.15, 0.2) is 5.84 Å². The second-order valence-corrected chi connectivity index (χ2v) is 9.41. The number of rotatable bonds is 22. The van der Waals surface area contributed by atoms with Crippen LogP contribution < -0.4 is 0 Å². The monoisotopic (exact) mass is 421 g/mol. The van der Waals surface area contributed by atoms with Crippen LogP contribution in [0.15, 0.2) is 17.6 Å². The van der Waals surface area contributed by atoms with Crippen LogP contribution in [0.5, 0.6) is 0 Å². The van der Waals surface area contributed by atoms with Crippen LogP contribution in [-0.2, 0) is 0 Å². The molecule has 0 saturated heterocycles. The Morgan fingerprint density at radius 2 is 1.27 bits per heavy atom. The van der Waals surface area contributed by atoms with Crippen LogP contribution in [0.4, 0.5) is 0 Å². The number of likely N-dealkylation sites (N-methyl/N-ethyl adjacent to an activating group) is 1. The molecule has 0 aromatic rings. The largest absolute Gasteiger partial charge is 0.390 e. The molecular weight excluding hydrogens is 368 g/mol. The Kier molecular flexibility index (Phi) is 17.4. The average molecular weight is 422 g/mol. The molecule has 3 heteroatoms. The van der Waals surface area contributed by atoms with Crippen molar-refractivity contribution in [3.63, 3.8) is 0 Å². The number of aliphatic imine (C=N–C) groups is 1. The van der Waals surface area contributed by atoms with Crippen LogP contribution in [0.2, 0.25) is 0 Å². The Balaban J connectivity index is 1.82. The van der Waals surface area contributed by atoms with Crippen molar-refractivity contribution in [2.75, 3.05) is 32.8 Å². The number of unbranched alkanes of at least 4 members (excludes halogenated alkanes) is 16. The van der Waals surface area contributed by atoms with Gasteiger partial charge in [-0.05, 0) is 26.2 Å². The molecule has 0 aliphatic carbocycles. The number of quaternary nitrogens is 1. The first-order valence-electron chi connectivity index (χ1n) is 13.4. The first kappa shape index (κ1) is 27.4. The summed E-state index contributed by atoms with van der Waals surface area (Å²) in [5, 5.41) is 9.40. The van der Waals surface area contributed by atoms with Gasteiger partial charge in [-0.25, -0.2) is 4.99 Å². The van der Waals surface area contributed by atoms with Crippen molar-refractivity contribution >= 4 is 5.84 Å². The second kappa shape index (κ2) is 19.0. The van der Waals surface area contributed by atoms with E-state index in [1.54, 1.807) is 0 Å². The fraction of sp³-hybridized carbons (Fsp3) is 0.889. The number of hydrogen-bond acceptors (Lipinski definition) is 2. The molecule has 1 aliphatic heterocycles. The minimum Gasteiger partial charge on any atom is -0.390 e. The highest BCUT2D eigenvalue weighted by atomic mass is 16.3. The molecule has 1 atom stereocenters. The molecular formula is C27H53N2O+. The molecule has 0 spiro atoms. The van der Waals surface area contributed by atoms with Crippen LogP contribution in [-0.4, -0.2) is 48.2 Å². The molecule has 0 aromatic carbocycles. The molecule has 176 valence electrons. The number of amidine groups is 1. The summed E-state index contributed by atoms with van der Waals surface area (Å²) in [4.78, 5) is 4.77. The molecule has 1 heterocycles. The van der Waals surface area contributed by atoms with E-state index >= 15 is 0 Å². The van der Waals surface area contributed by atoms with Gasteiger partial charge in [0.2, 0.25) is 0 Å². The Hall–Kier alpha value is -0.670. The third-order valence-electron chi connectivity index (χ3n) is 7.06. The molecule has 0 saturated carbocycles. The Morgan fingerprint density at radius 3 is 1.70 bits per heavy atom. The van der Waals surface area contributed by atoms with E-state index in [-0.39, 0.29) is 6.61 Å². The average Bonchev–Trinajstić information content (AvgIpc) is 3.16. The predicted molar refractivity (Wildman–Crippen MR) is 133 cm³/mol. The molecule has 0 radical (unpaired) electrons. The summed E-state index contributed by atoms with van der Waals surface area (Å²) >= 11 is 0. The van der Waals surface area contributed by atoms with Gasteiger partial charge < -0.3 is 5.11 Å². The molecule has 0 amide bonds. The van der Waals surface area contributed by atoms with Gasteiger partial charge in [-0.3, -0.25) is 4.48 Å². The van der Waals surface area contributed by atoms with E-state index in [9.17, 15) is 5.11 Å². The topological polar surface area (TPSA) is 32.6 Å². The Morgan fingerprint density at radius 1 is 0.800 bits per heavy atom. The standard InChI is InChI=1S/C27H53N2O/c1-3-5-6-7-8-9-10-11-12-13-14-15-16-17-18-19-20-21-22-27-28-23-24-29(27,4-2)25-26-30/h3,30H,1,4-26H2,2H3/q+1. The smallest absolute Gasteiger partial charge is 0.198 e. The van der Waals surface area contributed by atoms with Gasteiger partial charge in [0.05, 0.1) is 19.7 Å². The summed E-state index contributed by atoms with van der Waals surface area (Å²) in [5.41, 5.74) is 0. The van der Waals surface area contributed by atoms with E-state index in [0.717, 1.165) is 37.1 Å². The molecule has 1 N–H and O–H groups in total. The van der Waals surface area contributed by atoms with Gasteiger partial charge >= 0.3 is 0 Å². The van der Waals surface area contributed by atoms with E-state index in [2.05, 4.69) is 13.5 Å². The van der Waals surface area contributed by atoms with Gasteiger partial charge in [-0.15, -0.1) is 6.58 Å². The van der Waals surface area contributed by atoms with Crippen molar-refractivity contribution in [2.24, 2.45) is 4.99 Å². The zero-order valence-corrected chi connectivity index (χ0v) is 20.4. The summed E-state index contributed by atoms with van der Waals surface area (Å²) in [7, 11) is 0. The summed E-state index contributed by atoms with van der Waals surface area (Å²) in [6, 6.07) is 0. The quantitative estimate of drug-likeness (QED) is 0.110. The van der Waals surface area contributed by atoms with Crippen molar-refractivity contribution in [3.8, 4) is 0 Å². The van der Waals surface area contributed by atoms with Gasteiger partial charge in [-0.1, -0.05) is 96.0 Å². The molecule has 0 fully saturated rings. The Bertz CT molecular complexity index is 435. The van der Waals surface area contributed by atoms with Gasteiger partial charge in [0, 0.05) is 6.42 Å². The number of allylic oxidation sites excluding steroid dienone is 1. The minimum atomic E-state index is 0.281. The first-order chi connectivity index (χ1) is 14.8. The fourth-order valence-corrected chi connectivity index (χ4v) is 4.94. The lowest BCUT2D eigenvalue weighted by Crippen LogP contribution is -2.52. The number of aliphatic hydroxyl groups excluding tert-OH is 1. The number of aliphatic hydroxyl groups is 1. The van der Waals surface area contributed by atoms with Crippen molar-refractivity contribution in [1.29, 1.82) is 0 Å². The normalized spacial score (nSPS) is 18.7. The lowest BCUT2D eigenvalue weighted by molar-refractivity contribution is -0.835. The van der Waals surface area contributed by atoms with E-state index in [4.69, 9.17) is 4.99 Å². The van der Waals surface area contributed by atoms with Gasteiger partial charge in [0.1, 0.15) is 13.1 Å². The minimum absolute atomic E-state index is 0.281. The van der Waals surface area contributed by atoms with E-state index < -0.39 is 0 Å². The summed E-state index contributed by atoms with van der Waals surface area (Å²) in [6.07, 6.45) is 26.9. The number of hydrogen-bond donors (Lipinski definition) is 1. The van der Waals surface area contributed by atoms with Crippen LogP contribution in [0, 0.1) is 0 Å². The van der Waals surface area contributed by atoms with E-state index in [1.807, 2.05) is 6.08 Å². The summed E-state index contributed by atoms with van der Waals surface area (Å²) in [5.74, 6) is 1.36. The molecule has 0 bridgehead atoms. The molecule has 1 unspecified atom stereocenters. The third-order valence-corrected chi connectivity index (χ3v) is 7.06. The number of nitrogens with zero attached hydrogens (tertiary/aromatic N) is 2. The van der Waals surface area contributed by atoms with Crippen LogP contribution in [0.25, 0.3) is 0 Å². The highest BCUT2D eigenvalue weighted by Gasteiger charge is 2.35. The predicted octanol–water partition coefficient (Wildman–Crippen LogP) is 7.44. The molecule has 1 aliphatic rings. The van der Waals surface area contributed by atoms with Crippen LogP contribution in [0.3, 0.4) is 0 Å². The van der Waals surface area contributed by atoms with Crippen molar-refractivity contribution in [3.05, 3.63) is 12.7 Å². The maximum absolute atomic E-state index is 9.40. The highest BCUT2D eigenvalue weighted by Crippen LogP contribution is 2.20. The fourth-order valence-electron chi connectivity index (χ4n) is 4.94. The van der Waals surface area contributed by atoms with Crippen molar-refractivity contribution < 1.29 is 9.59 Å². The van der Waals surface area contributed by atoms with Crippen LogP contribution in [0.1, 0.15) is 122 Å². The molecule has 3 nitrogen and oxygen atoms in total. The zero-order chi connectivity index (χ0) is 21.8. The second-order valence-electron chi connectivity index (χ2n) is 9.41. The molecule has 1 rings (SSSR count). The van der Waals surface area contributed by atoms with Crippen molar-refractivity contribution in [1.82, 2.24) is 0 Å². The van der Waals surface area contributed by atoms with Crippen molar-refractivity contribution in [2.45, 2.75) is 122 Å².